The summed E-state index contributed by atoms with van der Waals surface area (Å²) >= 11 is 0. The average Bonchev–Trinajstić information content (AvgIpc) is 2.90. The number of nitrogens with one attached hydrogen (secondary N) is 1. The van der Waals surface area contributed by atoms with Crippen LogP contribution in [0.25, 0.3) is 0 Å². The molecule has 0 aliphatic heterocycles. The number of hydrogen-bond donors (Lipinski definition) is 2. The van der Waals surface area contributed by atoms with Crippen LogP contribution in [-0.4, -0.2) is 51.8 Å². The Bertz CT molecular complexity index is 1280. The van der Waals surface area contributed by atoms with E-state index in [4.69, 9.17) is 0 Å². The maximum atomic E-state index is 14.6. The Morgan fingerprint density at radius 1 is 0.956 bits per heavy atom. The van der Waals surface area contributed by atoms with E-state index in [1.54, 1.807) is 4.90 Å². The summed E-state index contributed by atoms with van der Waals surface area (Å²) in [5, 5.41) is 14.1. The molecule has 0 unspecified atom stereocenters. The van der Waals surface area contributed by atoms with Gasteiger partial charge in [0.05, 0.1) is 12.6 Å². The van der Waals surface area contributed by atoms with Crippen molar-refractivity contribution in [3.8, 4) is 0 Å². The van der Waals surface area contributed by atoms with Crippen molar-refractivity contribution < 1.29 is 19.5 Å². The number of ketones is 1. The number of aliphatic hydroxyl groups is 1. The predicted octanol–water partition coefficient (Wildman–Crippen LogP) is 7.48. The van der Waals surface area contributed by atoms with Crippen molar-refractivity contribution >= 4 is 17.6 Å². The normalized spacial score (nSPS) is 44.1. The van der Waals surface area contributed by atoms with Gasteiger partial charge in [0.15, 0.2) is 5.78 Å². The van der Waals surface area contributed by atoms with Gasteiger partial charge in [-0.2, -0.15) is 0 Å². The molecule has 0 aromatic rings. The van der Waals surface area contributed by atoms with Crippen LogP contribution in [0, 0.1) is 50.2 Å². The number of rotatable bonds is 4. The van der Waals surface area contributed by atoms with Crippen LogP contribution in [0.2, 0.25) is 0 Å². The number of carbonyl (C=O) groups excluding carboxylic acids is 3. The molecule has 0 aromatic heterocycles. The van der Waals surface area contributed by atoms with Crippen molar-refractivity contribution in [2.75, 3.05) is 6.54 Å². The van der Waals surface area contributed by atoms with E-state index in [1.165, 1.54) is 5.57 Å². The largest absolute Gasteiger partial charge is 0.393 e. The van der Waals surface area contributed by atoms with Crippen molar-refractivity contribution in [2.24, 2.45) is 50.2 Å². The highest BCUT2D eigenvalue weighted by Crippen LogP contribution is 2.75. The third-order valence-corrected chi connectivity index (χ3v) is 14.8. The molecule has 4 fully saturated rings. The summed E-state index contributed by atoms with van der Waals surface area (Å²) in [6.45, 7) is 26.2. The number of carbonyl (C=O) groups is 3. The molecule has 6 nitrogen and oxygen atoms in total. The van der Waals surface area contributed by atoms with E-state index in [-0.39, 0.29) is 80.7 Å². The van der Waals surface area contributed by atoms with E-state index in [9.17, 15) is 19.5 Å². The first-order valence-electron chi connectivity index (χ1n) is 18.0. The first kappa shape index (κ1) is 34.6. The molecule has 0 bridgehead atoms. The summed E-state index contributed by atoms with van der Waals surface area (Å²) in [7, 11) is 0. The molecule has 9 atom stereocenters. The van der Waals surface area contributed by atoms with Crippen LogP contribution >= 0.6 is 0 Å². The molecule has 5 aliphatic rings. The first-order chi connectivity index (χ1) is 20.5. The van der Waals surface area contributed by atoms with Crippen molar-refractivity contribution in [3.05, 3.63) is 11.6 Å². The fourth-order valence-electron chi connectivity index (χ4n) is 11.8. The molecule has 0 radical (unpaired) electrons. The highest BCUT2D eigenvalue weighted by molar-refractivity contribution is 5.96. The summed E-state index contributed by atoms with van der Waals surface area (Å²) < 4.78 is 0. The molecular formula is C39H64N2O4. The van der Waals surface area contributed by atoms with Gasteiger partial charge in [-0.3, -0.25) is 14.4 Å². The van der Waals surface area contributed by atoms with E-state index in [0.717, 1.165) is 57.8 Å². The Morgan fingerprint density at radius 2 is 1.58 bits per heavy atom. The van der Waals surface area contributed by atoms with E-state index >= 15 is 0 Å². The van der Waals surface area contributed by atoms with Gasteiger partial charge < -0.3 is 15.3 Å². The van der Waals surface area contributed by atoms with E-state index in [2.05, 4.69) is 59.9 Å². The summed E-state index contributed by atoms with van der Waals surface area (Å²) in [5.74, 6) is 0.655. The van der Waals surface area contributed by atoms with Gasteiger partial charge in [0, 0.05) is 22.9 Å². The SMILES string of the molecule is CC(C)N(CC(=O)NC(C)(C)C)C(=O)[C@@]1(C)CC[C@]2(C)CC[C@]3(C)C(=CC(=O)[C@@H]4[C@@]5(C)CC[C@H](O)C(C)(C)[C@@H]5CC[C@]43C)[C@@H]2C1. The molecule has 0 aromatic carbocycles. The molecular weight excluding hydrogens is 560 g/mol. The Balaban J connectivity index is 1.50. The molecule has 45 heavy (non-hydrogen) atoms. The molecule has 254 valence electrons. The summed E-state index contributed by atoms with van der Waals surface area (Å²) in [5.41, 5.74) is -0.214. The Kier molecular flexibility index (Phi) is 8.20. The fourth-order valence-corrected chi connectivity index (χ4v) is 11.8. The molecule has 0 saturated heterocycles. The Labute approximate surface area is 273 Å². The fraction of sp³-hybridized carbons (Fsp3) is 0.872. The lowest BCUT2D eigenvalue weighted by Crippen LogP contribution is -2.66. The van der Waals surface area contributed by atoms with Gasteiger partial charge in [-0.05, 0) is 137 Å². The second-order valence-corrected chi connectivity index (χ2v) is 19.5. The minimum absolute atomic E-state index is 0.0528. The standard InChI is InChI=1S/C39H64N2O4/c1-24(2)41(23-30(44)40-33(3,4)5)32(45)36(9)18-17-35(8)19-20-38(11)25(26(35)22-36)21-27(42)31-37(10)15-14-29(43)34(6,7)28(37)13-16-39(31,38)12/h21,24,26,28-29,31,43H,13-20,22-23H2,1-12H3,(H,40,44)/t26-,28-,29-,31+,35+,36-,37-,38+,39+/m0/s1. The van der Waals surface area contributed by atoms with Gasteiger partial charge in [-0.25, -0.2) is 0 Å². The van der Waals surface area contributed by atoms with Crippen LogP contribution < -0.4 is 5.32 Å². The molecule has 2 amide bonds. The first-order valence-corrected chi connectivity index (χ1v) is 18.0. The molecule has 6 heteroatoms. The molecule has 0 heterocycles. The van der Waals surface area contributed by atoms with E-state index < -0.39 is 5.41 Å². The Morgan fingerprint density at radius 3 is 2.18 bits per heavy atom. The second-order valence-electron chi connectivity index (χ2n) is 19.5. The quantitative estimate of drug-likeness (QED) is 0.340. The highest BCUT2D eigenvalue weighted by atomic mass is 16.3. The molecule has 5 rings (SSSR count). The molecule has 4 saturated carbocycles. The summed E-state index contributed by atoms with van der Waals surface area (Å²) in [4.78, 5) is 43.9. The van der Waals surface area contributed by atoms with Gasteiger partial charge in [0.1, 0.15) is 0 Å². The van der Waals surface area contributed by atoms with Gasteiger partial charge in [0.25, 0.3) is 0 Å². The number of allylic oxidation sites excluding steroid dienone is 2. The molecule has 0 spiro atoms. The number of hydrogen-bond acceptors (Lipinski definition) is 4. The van der Waals surface area contributed by atoms with Gasteiger partial charge in [0.2, 0.25) is 11.8 Å². The smallest absolute Gasteiger partial charge is 0.240 e. The van der Waals surface area contributed by atoms with Crippen molar-refractivity contribution in [1.82, 2.24) is 10.2 Å². The lowest BCUT2D eigenvalue weighted by molar-refractivity contribution is -0.202. The third-order valence-electron chi connectivity index (χ3n) is 14.8. The van der Waals surface area contributed by atoms with Crippen molar-refractivity contribution in [3.63, 3.8) is 0 Å². The zero-order valence-electron chi connectivity index (χ0n) is 30.7. The highest BCUT2D eigenvalue weighted by Gasteiger charge is 2.70. The van der Waals surface area contributed by atoms with Crippen molar-refractivity contribution in [1.29, 1.82) is 0 Å². The predicted molar refractivity (Wildman–Crippen MR) is 180 cm³/mol. The number of nitrogens with zero attached hydrogens (tertiary/aromatic N) is 1. The lowest BCUT2D eigenvalue weighted by Gasteiger charge is -2.70. The minimum atomic E-state index is -0.594. The lowest BCUT2D eigenvalue weighted by atomic mass is 9.33. The Hall–Kier alpha value is -1.69. The summed E-state index contributed by atoms with van der Waals surface area (Å²) in [6, 6.07) is -0.0886. The van der Waals surface area contributed by atoms with Crippen LogP contribution in [0.15, 0.2) is 11.6 Å². The van der Waals surface area contributed by atoms with Crippen LogP contribution in [0.5, 0.6) is 0 Å². The third kappa shape index (κ3) is 5.17. The van der Waals surface area contributed by atoms with E-state index in [0.29, 0.717) is 5.92 Å². The zero-order valence-corrected chi connectivity index (χ0v) is 30.7. The van der Waals surface area contributed by atoms with Gasteiger partial charge in [-0.1, -0.05) is 54.0 Å². The van der Waals surface area contributed by atoms with Gasteiger partial charge >= 0.3 is 0 Å². The number of aliphatic hydroxyl groups excluding tert-OH is 1. The monoisotopic (exact) mass is 624 g/mol. The molecule has 2 N–H and O–H groups in total. The van der Waals surface area contributed by atoms with E-state index in [1.807, 2.05) is 34.6 Å². The maximum Gasteiger partial charge on any atom is 0.240 e. The zero-order chi connectivity index (χ0) is 33.8. The molecule has 5 aliphatic carbocycles. The number of fused-ring (bicyclic) bond motifs is 7. The summed E-state index contributed by atoms with van der Waals surface area (Å²) in [6.07, 6.45) is 10.1. The van der Waals surface area contributed by atoms with Crippen LogP contribution in [0.1, 0.15) is 141 Å². The average molecular weight is 625 g/mol. The van der Waals surface area contributed by atoms with Crippen LogP contribution in [0.3, 0.4) is 0 Å². The van der Waals surface area contributed by atoms with Crippen molar-refractivity contribution in [2.45, 2.75) is 159 Å². The minimum Gasteiger partial charge on any atom is -0.393 e. The van der Waals surface area contributed by atoms with Crippen LogP contribution in [-0.2, 0) is 14.4 Å². The number of amides is 2. The van der Waals surface area contributed by atoms with Crippen LogP contribution in [0.4, 0.5) is 0 Å². The maximum absolute atomic E-state index is 14.6. The topological polar surface area (TPSA) is 86.7 Å². The second kappa shape index (κ2) is 10.7. The van der Waals surface area contributed by atoms with Gasteiger partial charge in [-0.15, -0.1) is 0 Å².